The Kier molecular flexibility index (Phi) is 4.15. The van der Waals surface area contributed by atoms with Crippen molar-refractivity contribution in [2.45, 2.75) is 10.6 Å². The molecule has 0 radical (unpaired) electrons. The molecule has 0 unspecified atom stereocenters. The molecule has 1 N–H and O–H groups in total. The number of phenols is 1. The molecule has 2 nitrogen and oxygen atoms in total. The zero-order chi connectivity index (χ0) is 12.3. The van der Waals surface area contributed by atoms with E-state index in [4.69, 9.17) is 23.2 Å². The highest BCUT2D eigenvalue weighted by Gasteiger charge is 2.04. The van der Waals surface area contributed by atoms with Gasteiger partial charge in [0.05, 0.1) is 0 Å². The SMILES string of the molecule is Oc1cccc(SCc2ccc(Cl)nc2Cl)c1. The van der Waals surface area contributed by atoms with E-state index in [1.807, 2.05) is 12.1 Å². The van der Waals surface area contributed by atoms with Crippen molar-refractivity contribution in [3.05, 3.63) is 52.3 Å². The predicted molar refractivity (Wildman–Crippen MR) is 71.9 cm³/mol. The number of aromatic nitrogens is 1. The molecule has 0 spiro atoms. The molecule has 0 fully saturated rings. The topological polar surface area (TPSA) is 33.1 Å². The second kappa shape index (κ2) is 5.63. The van der Waals surface area contributed by atoms with Crippen LogP contribution < -0.4 is 0 Å². The molecular weight excluding hydrogens is 277 g/mol. The molecule has 5 heteroatoms. The molecule has 0 saturated heterocycles. The predicted octanol–water partition coefficient (Wildman–Crippen LogP) is 4.39. The summed E-state index contributed by atoms with van der Waals surface area (Å²) in [6.45, 7) is 0. The number of phenolic OH excluding ortho intramolecular Hbond substituents is 1. The first kappa shape index (κ1) is 12.6. The van der Waals surface area contributed by atoms with Gasteiger partial charge in [0.25, 0.3) is 0 Å². The summed E-state index contributed by atoms with van der Waals surface area (Å²) in [6.07, 6.45) is 0. The standard InChI is InChI=1S/C12H9Cl2NOS/c13-11-5-4-8(12(14)15-11)7-17-10-3-1-2-9(16)6-10/h1-6,16H,7H2. The molecular formula is C12H9Cl2NOS. The average Bonchev–Trinajstić information content (AvgIpc) is 2.28. The lowest BCUT2D eigenvalue weighted by molar-refractivity contribution is 0.474. The molecule has 1 heterocycles. The van der Waals surface area contributed by atoms with E-state index in [-0.39, 0.29) is 5.75 Å². The Bertz CT molecular complexity index is 534. The molecule has 1 aromatic heterocycles. The fourth-order valence-corrected chi connectivity index (χ4v) is 2.71. The Morgan fingerprint density at radius 1 is 1.18 bits per heavy atom. The smallest absolute Gasteiger partial charge is 0.134 e. The molecule has 0 bridgehead atoms. The van der Waals surface area contributed by atoms with Gasteiger partial charge in [-0.3, -0.25) is 0 Å². The van der Waals surface area contributed by atoms with Gasteiger partial charge in [0.1, 0.15) is 16.1 Å². The van der Waals surface area contributed by atoms with Crippen molar-refractivity contribution >= 4 is 35.0 Å². The zero-order valence-corrected chi connectivity index (χ0v) is 11.1. The van der Waals surface area contributed by atoms with E-state index < -0.39 is 0 Å². The van der Waals surface area contributed by atoms with Crippen LogP contribution in [0.4, 0.5) is 0 Å². The lowest BCUT2D eigenvalue weighted by atomic mass is 10.3. The molecule has 2 rings (SSSR count). The number of hydrogen-bond donors (Lipinski definition) is 1. The Hall–Kier alpha value is -0.900. The van der Waals surface area contributed by atoms with Crippen LogP contribution in [0.3, 0.4) is 0 Å². The quantitative estimate of drug-likeness (QED) is 0.671. The summed E-state index contributed by atoms with van der Waals surface area (Å²) >= 11 is 13.3. The van der Waals surface area contributed by atoms with Crippen LogP contribution in [-0.2, 0) is 5.75 Å². The number of nitrogens with zero attached hydrogens (tertiary/aromatic N) is 1. The number of hydrogen-bond acceptors (Lipinski definition) is 3. The van der Waals surface area contributed by atoms with Crippen LogP contribution in [0.15, 0.2) is 41.3 Å². The van der Waals surface area contributed by atoms with Gasteiger partial charge in [-0.15, -0.1) is 11.8 Å². The fourth-order valence-electron chi connectivity index (χ4n) is 1.28. The van der Waals surface area contributed by atoms with Gasteiger partial charge in [-0.2, -0.15) is 0 Å². The summed E-state index contributed by atoms with van der Waals surface area (Å²) in [5.41, 5.74) is 0.921. The van der Waals surface area contributed by atoms with Gasteiger partial charge in [0.15, 0.2) is 0 Å². The van der Waals surface area contributed by atoms with Gasteiger partial charge in [0.2, 0.25) is 0 Å². The lowest BCUT2D eigenvalue weighted by Gasteiger charge is -2.04. The van der Waals surface area contributed by atoms with Crippen LogP contribution >= 0.6 is 35.0 Å². The maximum atomic E-state index is 9.33. The van der Waals surface area contributed by atoms with E-state index in [1.54, 1.807) is 36.0 Å². The second-order valence-electron chi connectivity index (χ2n) is 3.37. The normalized spacial score (nSPS) is 10.5. The van der Waals surface area contributed by atoms with Crippen molar-refractivity contribution < 1.29 is 5.11 Å². The van der Waals surface area contributed by atoms with Crippen LogP contribution in [0.1, 0.15) is 5.56 Å². The van der Waals surface area contributed by atoms with Gasteiger partial charge >= 0.3 is 0 Å². The van der Waals surface area contributed by atoms with E-state index >= 15 is 0 Å². The van der Waals surface area contributed by atoms with Crippen LogP contribution in [0.2, 0.25) is 10.3 Å². The Balaban J connectivity index is 2.07. The first-order chi connectivity index (χ1) is 8.15. The molecule has 0 saturated carbocycles. The second-order valence-corrected chi connectivity index (χ2v) is 5.16. The molecule has 0 atom stereocenters. The monoisotopic (exact) mass is 285 g/mol. The minimum atomic E-state index is 0.260. The third-order valence-corrected chi connectivity index (χ3v) is 3.68. The van der Waals surface area contributed by atoms with Gasteiger partial charge in [-0.05, 0) is 29.8 Å². The van der Waals surface area contributed by atoms with Crippen molar-refractivity contribution in [3.8, 4) is 5.75 Å². The van der Waals surface area contributed by atoms with E-state index in [1.165, 1.54) is 0 Å². The molecule has 1 aromatic carbocycles. The molecule has 0 aliphatic heterocycles. The number of pyridine rings is 1. The maximum absolute atomic E-state index is 9.33. The minimum absolute atomic E-state index is 0.260. The van der Waals surface area contributed by atoms with Crippen LogP contribution in [0.25, 0.3) is 0 Å². The van der Waals surface area contributed by atoms with Crippen molar-refractivity contribution in [2.24, 2.45) is 0 Å². The molecule has 88 valence electrons. The van der Waals surface area contributed by atoms with Crippen molar-refractivity contribution in [1.82, 2.24) is 4.98 Å². The molecule has 2 aromatic rings. The van der Waals surface area contributed by atoms with Gasteiger partial charge in [-0.1, -0.05) is 35.3 Å². The minimum Gasteiger partial charge on any atom is -0.508 e. The summed E-state index contributed by atoms with van der Waals surface area (Å²) < 4.78 is 0. The lowest BCUT2D eigenvalue weighted by Crippen LogP contribution is -1.86. The van der Waals surface area contributed by atoms with Gasteiger partial charge < -0.3 is 5.11 Å². The summed E-state index contributed by atoms with van der Waals surface area (Å²) in [5, 5.41) is 10.1. The van der Waals surface area contributed by atoms with E-state index in [0.717, 1.165) is 10.5 Å². The van der Waals surface area contributed by atoms with E-state index in [0.29, 0.717) is 16.1 Å². The van der Waals surface area contributed by atoms with Crippen molar-refractivity contribution in [1.29, 1.82) is 0 Å². The number of halogens is 2. The van der Waals surface area contributed by atoms with Crippen molar-refractivity contribution in [2.75, 3.05) is 0 Å². The Labute approximate surface area is 114 Å². The molecule has 0 amide bonds. The van der Waals surface area contributed by atoms with Gasteiger partial charge in [0, 0.05) is 10.6 Å². The number of aromatic hydroxyl groups is 1. The third-order valence-electron chi connectivity index (χ3n) is 2.10. The Morgan fingerprint density at radius 3 is 2.71 bits per heavy atom. The molecule has 17 heavy (non-hydrogen) atoms. The summed E-state index contributed by atoms with van der Waals surface area (Å²) in [7, 11) is 0. The fraction of sp³-hybridized carbons (Fsp3) is 0.0833. The summed E-state index contributed by atoms with van der Waals surface area (Å²) in [5.74, 6) is 0.947. The number of benzene rings is 1. The van der Waals surface area contributed by atoms with E-state index in [9.17, 15) is 5.11 Å². The summed E-state index contributed by atoms with van der Waals surface area (Å²) in [4.78, 5) is 4.95. The summed E-state index contributed by atoms with van der Waals surface area (Å²) in [6, 6.07) is 10.7. The maximum Gasteiger partial charge on any atom is 0.134 e. The van der Waals surface area contributed by atoms with Crippen LogP contribution in [0, 0.1) is 0 Å². The number of thioether (sulfide) groups is 1. The highest BCUT2D eigenvalue weighted by atomic mass is 35.5. The zero-order valence-electron chi connectivity index (χ0n) is 8.73. The van der Waals surface area contributed by atoms with Crippen LogP contribution in [0.5, 0.6) is 5.75 Å². The third kappa shape index (κ3) is 3.53. The number of rotatable bonds is 3. The van der Waals surface area contributed by atoms with Gasteiger partial charge in [-0.25, -0.2) is 4.98 Å². The first-order valence-corrected chi connectivity index (χ1v) is 6.62. The highest BCUT2D eigenvalue weighted by Crippen LogP contribution is 2.28. The Morgan fingerprint density at radius 2 is 2.00 bits per heavy atom. The first-order valence-electron chi connectivity index (χ1n) is 4.88. The largest absolute Gasteiger partial charge is 0.508 e. The average molecular weight is 286 g/mol. The highest BCUT2D eigenvalue weighted by molar-refractivity contribution is 7.98. The van der Waals surface area contributed by atoms with Crippen molar-refractivity contribution in [3.63, 3.8) is 0 Å². The molecule has 0 aliphatic rings. The van der Waals surface area contributed by atoms with Crippen LogP contribution in [-0.4, -0.2) is 10.1 Å². The molecule has 0 aliphatic carbocycles. The van der Waals surface area contributed by atoms with E-state index in [2.05, 4.69) is 4.98 Å².